The molecule has 39 heteroatoms. The number of hydrogen-bond acceptors (Lipinski definition) is 24. The number of aliphatic hydroxyl groups is 2. The molecule has 1 rings (SSSR count). The van der Waals surface area contributed by atoms with Crippen LogP contribution >= 0.6 is 15.9 Å². The lowest BCUT2D eigenvalue weighted by Crippen LogP contribution is -2.43. The molecule has 0 saturated heterocycles. The predicted octanol–water partition coefficient (Wildman–Crippen LogP) is 5.80. The van der Waals surface area contributed by atoms with E-state index in [-0.39, 0.29) is 65.7 Å². The first kappa shape index (κ1) is 83.5. The maximum Gasteiger partial charge on any atom is 0.419 e. The maximum absolute atomic E-state index is 11.6. The number of aliphatic carboxylic acids is 1. The van der Waals surface area contributed by atoms with Gasteiger partial charge in [-0.2, -0.15) is 0 Å². The topological polar surface area (TPSA) is 575 Å². The zero-order valence-electron chi connectivity index (χ0n) is 47.4. The second-order valence-electron chi connectivity index (χ2n) is 17.1. The van der Waals surface area contributed by atoms with Gasteiger partial charge in [-0.3, -0.25) is 20.6 Å². The van der Waals surface area contributed by atoms with E-state index < -0.39 is 66.1 Å². The van der Waals surface area contributed by atoms with Gasteiger partial charge in [0.25, 0.3) is 12.9 Å². The molecule has 11 N–H and O–H groups in total. The molecular weight excluding hydrogens is 1180 g/mol. The number of rotatable bonds is 33. The van der Waals surface area contributed by atoms with Crippen LogP contribution in [-0.2, 0) is 47.5 Å². The van der Waals surface area contributed by atoms with Crippen LogP contribution in [0, 0.1) is 0 Å². The lowest BCUT2D eigenvalue weighted by Gasteiger charge is -2.22. The van der Waals surface area contributed by atoms with Crippen LogP contribution in [0.4, 0.5) is 24.0 Å². The monoisotopic (exact) mass is 1260 g/mol. The minimum absolute atomic E-state index is 0.00491. The number of carboxylic acid groups (broad SMARTS) is 1. The molecule has 38 nitrogen and oxygen atoms in total. The molecule has 3 atom stereocenters. The van der Waals surface area contributed by atoms with Gasteiger partial charge in [-0.05, 0) is 122 Å². The Balaban J connectivity index is -0.000000314. The molecule has 472 valence electrons. The zero-order valence-corrected chi connectivity index (χ0v) is 49.0. The Bertz CT molecular complexity index is 2080. The number of carboxylic acids is 1. The molecule has 0 aliphatic heterocycles. The molecule has 1 heterocycles. The van der Waals surface area contributed by atoms with Gasteiger partial charge in [0.15, 0.2) is 12.5 Å². The lowest BCUT2D eigenvalue weighted by atomic mass is 10.1. The first-order valence-electron chi connectivity index (χ1n) is 25.1. The van der Waals surface area contributed by atoms with Crippen LogP contribution in [-0.4, -0.2) is 188 Å². The molecule has 0 aromatic carbocycles. The van der Waals surface area contributed by atoms with Crippen molar-refractivity contribution in [3.63, 3.8) is 0 Å². The summed E-state index contributed by atoms with van der Waals surface area (Å²) < 4.78 is 34.7. The molecule has 0 fully saturated rings. The molecular formula is C44H81BrN20O18. The Morgan fingerprint density at radius 2 is 1.11 bits per heavy atom. The molecule has 0 saturated carbocycles. The highest BCUT2D eigenvalue weighted by Crippen LogP contribution is 2.10. The molecule has 1 aromatic rings. The molecule has 0 aliphatic carbocycles. The van der Waals surface area contributed by atoms with Gasteiger partial charge in [0.1, 0.15) is 23.6 Å². The predicted molar refractivity (Wildman–Crippen MR) is 299 cm³/mol. The fourth-order valence-electron chi connectivity index (χ4n) is 4.63. The first-order valence-corrected chi connectivity index (χ1v) is 26.2. The Kier molecular flexibility index (Phi) is 60.2. The number of unbranched alkanes of at least 4 members (excludes halogenated alkanes) is 3. The van der Waals surface area contributed by atoms with E-state index in [1.165, 1.54) is 23.3 Å². The molecule has 0 spiro atoms. The number of hydrogen-bond donors (Lipinski definition) is 9. The van der Waals surface area contributed by atoms with Crippen molar-refractivity contribution in [1.82, 2.24) is 30.8 Å². The Hall–Kier alpha value is -8.27. The third-order valence-electron chi connectivity index (χ3n) is 7.93. The second-order valence-corrected chi connectivity index (χ2v) is 17.9. The van der Waals surface area contributed by atoms with Crippen LogP contribution in [0.25, 0.3) is 41.8 Å². The van der Waals surface area contributed by atoms with E-state index >= 15 is 0 Å². The SMILES string of the molecule is CC(C)(C)OC(=O)NC(CCCCNC(=O)OCCN=[N+]=[N-])OC=O.CC(C)(C)OC(=O)N[C@@H](CCCCN)C(=O)O.OCCBr.[N-]=[N+]=NCCO.[N-]=[N+]=NCCOC(=O)NCCCCC(N)OC=O.[N-]=[N+]=NCCOC(=O)n1ccnc1. The number of alkyl carbamates (subject to hydrolysis) is 4. The number of aromatic nitrogens is 2. The van der Waals surface area contributed by atoms with Crippen LogP contribution in [0.5, 0.6) is 0 Å². The van der Waals surface area contributed by atoms with E-state index in [1.54, 1.807) is 41.5 Å². The van der Waals surface area contributed by atoms with E-state index in [9.17, 15) is 38.4 Å². The largest absolute Gasteiger partial charge is 0.480 e. The Morgan fingerprint density at radius 1 is 0.663 bits per heavy atom. The van der Waals surface area contributed by atoms with Crippen molar-refractivity contribution in [2.24, 2.45) is 31.9 Å². The normalized spacial score (nSPS) is 10.7. The number of nitrogens with zero attached hydrogens (tertiary/aromatic N) is 14. The number of azide groups is 4. The minimum Gasteiger partial charge on any atom is -0.480 e. The van der Waals surface area contributed by atoms with E-state index in [2.05, 4.69) is 87.0 Å². The summed E-state index contributed by atoms with van der Waals surface area (Å²) in [6, 6.07) is -0.920. The van der Waals surface area contributed by atoms with E-state index in [1.807, 2.05) is 0 Å². The Morgan fingerprint density at radius 3 is 1.49 bits per heavy atom. The minimum atomic E-state index is -1.06. The average molecular weight is 1260 g/mol. The summed E-state index contributed by atoms with van der Waals surface area (Å²) in [5.74, 6) is -1.06. The van der Waals surface area contributed by atoms with Gasteiger partial charge in [-0.1, -0.05) is 36.4 Å². The van der Waals surface area contributed by atoms with Gasteiger partial charge in [0.2, 0.25) is 0 Å². The van der Waals surface area contributed by atoms with Crippen molar-refractivity contribution in [3.8, 4) is 0 Å². The highest BCUT2D eigenvalue weighted by atomic mass is 79.9. The second kappa shape index (κ2) is 59.8. The van der Waals surface area contributed by atoms with Crippen molar-refractivity contribution in [3.05, 3.63) is 60.5 Å². The summed E-state index contributed by atoms with van der Waals surface area (Å²) in [6.45, 7) is 13.0. The van der Waals surface area contributed by atoms with Gasteiger partial charge >= 0.3 is 36.4 Å². The third-order valence-corrected chi connectivity index (χ3v) is 8.28. The van der Waals surface area contributed by atoms with E-state index in [0.717, 1.165) is 6.42 Å². The van der Waals surface area contributed by atoms with Crippen molar-refractivity contribution >= 4 is 65.3 Å². The van der Waals surface area contributed by atoms with Crippen LogP contribution in [0.1, 0.15) is 99.3 Å². The fraction of sp³-hybridized carbons (Fsp3) is 0.750. The van der Waals surface area contributed by atoms with E-state index in [0.29, 0.717) is 82.8 Å². The standard InChI is InChI=1S/C14H25N5O6.C11H22N2O4.C9H17N5O4.C6H7N5O2.C2H5BrO.C2H5N3O/c1-14(2,3)25-13(22)18-11(24-10-20)6-4-5-7-16-12(21)23-9-8-17-19-15;1-11(2,3)17-10(16)13-8(9(14)15)6-4-5-7-12;10-8(18-7-15)3-1-2-4-12-9(16)17-6-5-13-14-11;7-10-9-2-4-13-6(12)11-3-1-8-5-11;3-1-2-4;3-5-4-1-2-6/h10-11H,4-9H2,1-3H3,(H,16,21)(H,18,22);8H,4-7,12H2,1-3H3,(H,13,16)(H,14,15);7-8H,1-6,10H2,(H,12,16);1,3,5H,2,4H2;4H,1-2H2;6H,1-2H2/t;8-;;;;/m.0..../s1. The Labute approximate surface area is 487 Å². The number of aliphatic hydroxyl groups excluding tert-OH is 2. The number of nitrogens with one attached hydrogen (secondary N) is 4. The van der Waals surface area contributed by atoms with Crippen LogP contribution in [0.15, 0.2) is 39.2 Å². The van der Waals surface area contributed by atoms with Crippen molar-refractivity contribution in [1.29, 1.82) is 0 Å². The van der Waals surface area contributed by atoms with Gasteiger partial charge < -0.3 is 70.2 Å². The van der Waals surface area contributed by atoms with Crippen LogP contribution < -0.4 is 32.7 Å². The summed E-state index contributed by atoms with van der Waals surface area (Å²) in [7, 11) is 0. The summed E-state index contributed by atoms with van der Waals surface area (Å²) in [4.78, 5) is 101. The number of halogens is 1. The molecule has 4 amide bonds. The molecule has 0 radical (unpaired) electrons. The van der Waals surface area contributed by atoms with Gasteiger partial charge in [0, 0.05) is 70.0 Å². The highest BCUT2D eigenvalue weighted by Gasteiger charge is 2.24. The van der Waals surface area contributed by atoms with Crippen molar-refractivity contribution in [2.75, 3.05) is 84.2 Å². The highest BCUT2D eigenvalue weighted by molar-refractivity contribution is 9.09. The summed E-state index contributed by atoms with van der Waals surface area (Å²) in [6.07, 6.45) is 4.99. The number of carbonyl (C=O) groups excluding carboxylic acids is 7. The molecule has 2 unspecified atom stereocenters. The number of imidazole rings is 1. The van der Waals surface area contributed by atoms with Gasteiger partial charge in [-0.15, -0.1) is 0 Å². The lowest BCUT2D eigenvalue weighted by molar-refractivity contribution is -0.140. The zero-order chi connectivity index (χ0) is 64.0. The third kappa shape index (κ3) is 69.8. The smallest absolute Gasteiger partial charge is 0.419 e. The van der Waals surface area contributed by atoms with Crippen molar-refractivity contribution in [2.45, 2.75) is 129 Å². The molecule has 83 heavy (non-hydrogen) atoms. The number of carbonyl (C=O) groups is 8. The molecule has 0 aliphatic rings. The maximum atomic E-state index is 11.6. The summed E-state index contributed by atoms with van der Waals surface area (Å²) in [5, 5.41) is 47.8. The van der Waals surface area contributed by atoms with Crippen LogP contribution in [0.3, 0.4) is 0 Å². The quantitative estimate of drug-likeness (QED) is 0.00586. The van der Waals surface area contributed by atoms with E-state index in [4.69, 9.17) is 77.3 Å². The number of nitrogens with two attached hydrogens (primary N) is 2. The first-order chi connectivity index (χ1) is 39.4. The summed E-state index contributed by atoms with van der Waals surface area (Å²) >= 11 is 3.00. The van der Waals surface area contributed by atoms with Gasteiger partial charge in [0.05, 0.1) is 46.1 Å². The molecule has 1 aromatic heterocycles. The fourth-order valence-corrected chi connectivity index (χ4v) is 4.63. The number of alkyl halides is 1. The van der Waals surface area contributed by atoms with Crippen molar-refractivity contribution < 1.29 is 86.8 Å². The number of ether oxygens (including phenoxy) is 7. The number of amides is 4. The average Bonchev–Trinajstić information content (AvgIpc) is 4.00. The van der Waals surface area contributed by atoms with Gasteiger partial charge in [-0.25, -0.2) is 38.3 Å². The molecule has 0 bridgehead atoms. The summed E-state index contributed by atoms with van der Waals surface area (Å²) in [5.41, 5.74) is 40.9. The van der Waals surface area contributed by atoms with Crippen LogP contribution in [0.2, 0.25) is 0 Å².